The lowest BCUT2D eigenvalue weighted by Crippen LogP contribution is -2.25. The molecule has 0 saturated carbocycles. The Morgan fingerprint density at radius 1 is 0.384 bits per heavy atom. The highest BCUT2D eigenvalue weighted by molar-refractivity contribution is 7.23. The van der Waals surface area contributed by atoms with E-state index in [1.165, 1.54) is 159 Å². The van der Waals surface area contributed by atoms with E-state index < -0.39 is 0 Å². The second-order valence-electron chi connectivity index (χ2n) is 20.8. The lowest BCUT2D eigenvalue weighted by molar-refractivity contribution is 0.398. The summed E-state index contributed by atoms with van der Waals surface area (Å²) in [5, 5.41) is 4.92. The maximum Gasteiger partial charge on any atom is 0.160 e. The van der Waals surface area contributed by atoms with Crippen molar-refractivity contribution in [3.05, 3.63) is 191 Å². The second kappa shape index (κ2) is 21.9. The molecule has 10 aromatic rings. The van der Waals surface area contributed by atoms with Crippen molar-refractivity contribution in [1.82, 2.24) is 9.97 Å². The van der Waals surface area contributed by atoms with Gasteiger partial charge >= 0.3 is 0 Å². The first-order valence-corrected chi connectivity index (χ1v) is 29.0. The Hall–Kier alpha value is -6.46. The van der Waals surface area contributed by atoms with Gasteiger partial charge in [-0.2, -0.15) is 0 Å². The lowest BCUT2D eigenvalue weighted by Gasteiger charge is -2.33. The Bertz CT molecular complexity index is 3430. The van der Waals surface area contributed by atoms with Crippen LogP contribution in [-0.2, 0) is 5.41 Å². The molecule has 0 radical (unpaired) electrons. The Morgan fingerprint density at radius 3 is 1.53 bits per heavy atom. The van der Waals surface area contributed by atoms with Crippen molar-refractivity contribution in [2.45, 2.75) is 123 Å². The van der Waals surface area contributed by atoms with E-state index >= 15 is 0 Å². The number of hydrogen-bond donors (Lipinski definition) is 0. The third-order valence-corrected chi connectivity index (χ3v) is 18.0. The van der Waals surface area contributed by atoms with Gasteiger partial charge in [-0.15, -0.1) is 22.7 Å². The molecule has 11 rings (SSSR count). The SMILES string of the molecule is CCCCCCCCC1(CCCCCCCC)c2cc(C)ccc2-c2ccc(-c3cc(-c4ccc(-c5ccc(C)s5)s4)nc(-c4cc(-c5cccc6ccccc56)cc(-c5cccc6ccccc56)c4)n3)cc21. The number of thiophene rings is 2. The molecule has 0 amide bonds. The summed E-state index contributed by atoms with van der Waals surface area (Å²) in [7, 11) is 0. The summed E-state index contributed by atoms with van der Waals surface area (Å²) in [5.41, 5.74) is 16.0. The Morgan fingerprint density at radius 2 is 0.904 bits per heavy atom. The van der Waals surface area contributed by atoms with Gasteiger partial charge in [0.05, 0.1) is 16.3 Å². The van der Waals surface area contributed by atoms with Crippen LogP contribution in [0.1, 0.15) is 125 Å². The van der Waals surface area contributed by atoms with E-state index in [1.54, 1.807) is 5.56 Å². The highest BCUT2D eigenvalue weighted by Crippen LogP contribution is 2.55. The van der Waals surface area contributed by atoms with E-state index in [1.807, 2.05) is 22.7 Å². The largest absolute Gasteiger partial charge is 0.228 e. The van der Waals surface area contributed by atoms with Crippen molar-refractivity contribution in [2.75, 3.05) is 0 Å². The molecule has 0 saturated heterocycles. The van der Waals surface area contributed by atoms with Gasteiger partial charge in [0.15, 0.2) is 5.82 Å². The van der Waals surface area contributed by atoms with Crippen LogP contribution in [0.2, 0.25) is 0 Å². The number of hydrogen-bond acceptors (Lipinski definition) is 4. The number of rotatable bonds is 20. The fraction of sp³-hybridized carbons (Fsp3) is 0.275. The fourth-order valence-electron chi connectivity index (χ4n) is 11.9. The standard InChI is InChI=1S/C69H68N2S2/c1-5-7-9-11-13-19-39-69(40-20-14-12-10-8-6-2)61-41-47(3)31-34-59(61)60-35-33-51(45-62(60)69)63-46-64(65-37-38-67(73-65)66-36-32-48(4)72-66)71-68(70-63)54-43-52(57-29-21-25-49-23-15-17-27-55(49)57)42-53(44-54)58-30-22-26-50-24-16-18-28-56(50)58/h15-18,21-38,41-46H,5-14,19-20,39-40H2,1-4H3. The molecule has 1 aliphatic rings. The molecular weight excluding hydrogens is 921 g/mol. The van der Waals surface area contributed by atoms with Crippen molar-refractivity contribution in [3.63, 3.8) is 0 Å². The molecule has 7 aromatic carbocycles. The van der Waals surface area contributed by atoms with E-state index in [0.29, 0.717) is 0 Å². The second-order valence-corrected chi connectivity index (χ2v) is 23.2. The molecule has 0 N–H and O–H groups in total. The van der Waals surface area contributed by atoms with Gasteiger partial charge in [-0.25, -0.2) is 9.97 Å². The van der Waals surface area contributed by atoms with Gasteiger partial charge in [-0.05, 0) is 147 Å². The van der Waals surface area contributed by atoms with Crippen molar-refractivity contribution >= 4 is 44.2 Å². The molecule has 2 nitrogen and oxygen atoms in total. The quantitative estimate of drug-likeness (QED) is 0.0711. The highest BCUT2D eigenvalue weighted by Gasteiger charge is 2.42. The summed E-state index contributed by atoms with van der Waals surface area (Å²) < 4.78 is 0. The van der Waals surface area contributed by atoms with Crippen LogP contribution in [0.4, 0.5) is 0 Å². The number of nitrogens with zero attached hydrogens (tertiary/aromatic N) is 2. The molecule has 0 unspecified atom stereocenters. The van der Waals surface area contributed by atoms with Crippen molar-refractivity contribution in [1.29, 1.82) is 0 Å². The molecule has 0 aliphatic heterocycles. The van der Waals surface area contributed by atoms with E-state index in [9.17, 15) is 0 Å². The Labute approximate surface area is 442 Å². The average molecular weight is 989 g/mol. The first kappa shape index (κ1) is 48.8. The first-order chi connectivity index (χ1) is 35.9. The molecule has 4 heteroatoms. The zero-order chi connectivity index (χ0) is 49.7. The topological polar surface area (TPSA) is 25.8 Å². The van der Waals surface area contributed by atoms with E-state index in [-0.39, 0.29) is 5.41 Å². The molecule has 1 aliphatic carbocycles. The van der Waals surface area contributed by atoms with Crippen LogP contribution in [0.15, 0.2) is 170 Å². The molecule has 73 heavy (non-hydrogen) atoms. The number of aryl methyl sites for hydroxylation is 2. The Kier molecular flexibility index (Phi) is 14.7. The summed E-state index contributed by atoms with van der Waals surface area (Å²) in [6.07, 6.45) is 18.0. The van der Waals surface area contributed by atoms with Crippen LogP contribution in [0.5, 0.6) is 0 Å². The monoisotopic (exact) mass is 988 g/mol. The Balaban J connectivity index is 1.09. The van der Waals surface area contributed by atoms with Gasteiger partial charge in [-0.3, -0.25) is 0 Å². The molecule has 366 valence electrons. The van der Waals surface area contributed by atoms with Gasteiger partial charge < -0.3 is 0 Å². The van der Waals surface area contributed by atoms with Crippen LogP contribution in [-0.4, -0.2) is 9.97 Å². The van der Waals surface area contributed by atoms with Crippen LogP contribution >= 0.6 is 22.7 Å². The van der Waals surface area contributed by atoms with Crippen LogP contribution < -0.4 is 0 Å². The van der Waals surface area contributed by atoms with E-state index in [4.69, 9.17) is 9.97 Å². The number of benzene rings is 7. The normalized spacial score (nSPS) is 12.7. The molecule has 0 fully saturated rings. The predicted octanol–water partition coefficient (Wildman–Crippen LogP) is 21.3. The predicted molar refractivity (Wildman–Crippen MR) is 317 cm³/mol. The van der Waals surface area contributed by atoms with Gasteiger partial charge in [0.25, 0.3) is 0 Å². The van der Waals surface area contributed by atoms with Gasteiger partial charge in [0.2, 0.25) is 0 Å². The fourth-order valence-corrected chi connectivity index (χ4v) is 13.8. The van der Waals surface area contributed by atoms with Gasteiger partial charge in [0, 0.05) is 31.2 Å². The number of unbranched alkanes of at least 4 members (excludes halogenated alkanes) is 10. The molecule has 0 bridgehead atoms. The maximum atomic E-state index is 5.70. The molecular formula is C69H68N2S2. The smallest absolute Gasteiger partial charge is 0.160 e. The average Bonchev–Trinajstić information content (AvgIpc) is 4.17. The third-order valence-electron chi connectivity index (χ3n) is 15.7. The third kappa shape index (κ3) is 10.1. The summed E-state index contributed by atoms with van der Waals surface area (Å²) in [4.78, 5) is 16.3. The molecule has 3 aromatic heterocycles. The lowest BCUT2D eigenvalue weighted by atomic mass is 9.70. The molecule has 3 heterocycles. The van der Waals surface area contributed by atoms with E-state index in [2.05, 4.69) is 198 Å². The van der Waals surface area contributed by atoms with E-state index in [0.717, 1.165) is 44.3 Å². The van der Waals surface area contributed by atoms with Crippen molar-refractivity contribution in [3.8, 4) is 76.4 Å². The van der Waals surface area contributed by atoms with Gasteiger partial charge in [-0.1, -0.05) is 212 Å². The minimum absolute atomic E-state index is 0.0391. The number of fused-ring (bicyclic) bond motifs is 5. The maximum absolute atomic E-state index is 5.70. The molecule has 0 atom stereocenters. The van der Waals surface area contributed by atoms with Crippen molar-refractivity contribution < 1.29 is 0 Å². The van der Waals surface area contributed by atoms with Crippen molar-refractivity contribution in [2.24, 2.45) is 0 Å². The summed E-state index contributed by atoms with van der Waals surface area (Å²) >= 11 is 3.68. The van der Waals surface area contributed by atoms with Crippen LogP contribution in [0, 0.1) is 13.8 Å². The van der Waals surface area contributed by atoms with Crippen LogP contribution in [0.3, 0.4) is 0 Å². The summed E-state index contributed by atoms with van der Waals surface area (Å²) in [6, 6.07) is 63.8. The van der Waals surface area contributed by atoms with Gasteiger partial charge in [0.1, 0.15) is 0 Å². The first-order valence-electron chi connectivity index (χ1n) is 27.3. The zero-order valence-corrected chi connectivity index (χ0v) is 44.9. The molecule has 0 spiro atoms. The van der Waals surface area contributed by atoms with Crippen LogP contribution in [0.25, 0.3) is 97.9 Å². The number of aromatic nitrogens is 2. The minimum Gasteiger partial charge on any atom is -0.228 e. The highest BCUT2D eigenvalue weighted by atomic mass is 32.1. The summed E-state index contributed by atoms with van der Waals surface area (Å²) in [6.45, 7) is 9.12. The summed E-state index contributed by atoms with van der Waals surface area (Å²) in [5.74, 6) is 0.739. The minimum atomic E-state index is -0.0391. The zero-order valence-electron chi connectivity index (χ0n) is 43.3.